The lowest BCUT2D eigenvalue weighted by atomic mass is 10.1. The number of hydrogen-bond donors (Lipinski definition) is 1. The Hall–Kier alpha value is -0.640. The van der Waals surface area contributed by atoms with Gasteiger partial charge in [0, 0.05) is 32.7 Å². The normalized spacial score (nSPS) is 16.9. The van der Waals surface area contributed by atoms with Crippen LogP contribution in [-0.4, -0.2) is 31.1 Å². The number of hydrogen-bond acceptors (Lipinski definition) is 2. The zero-order valence-electron chi connectivity index (χ0n) is 9.50. The molecule has 2 nitrogen and oxygen atoms in total. The molecule has 0 unspecified atom stereocenters. The fourth-order valence-electron chi connectivity index (χ4n) is 1.93. The molecule has 4 heteroatoms. The molecule has 90 valence electrons. The molecule has 1 fully saturated rings. The Morgan fingerprint density at radius 3 is 2.62 bits per heavy atom. The highest BCUT2D eigenvalue weighted by molar-refractivity contribution is 5.85. The maximum atomic E-state index is 13.1. The summed E-state index contributed by atoms with van der Waals surface area (Å²) in [5.41, 5.74) is 1.94. The van der Waals surface area contributed by atoms with Gasteiger partial charge in [0.15, 0.2) is 0 Å². The van der Waals surface area contributed by atoms with Crippen LogP contribution in [0.3, 0.4) is 0 Å². The Balaban J connectivity index is 0.00000128. The molecular formula is C12H18ClFN2. The average molecular weight is 245 g/mol. The number of aryl methyl sites for hydroxylation is 1. The third-order valence-corrected chi connectivity index (χ3v) is 2.84. The molecule has 0 saturated carbocycles. The standard InChI is InChI=1S/C12H17FN2.ClH/c1-10-8-11(2-3-12(10)13)9-15-6-4-14-5-7-15;/h2-3,8,14H,4-7,9H2,1H3;1H. The molecule has 0 bridgehead atoms. The summed E-state index contributed by atoms with van der Waals surface area (Å²) in [6.45, 7) is 7.02. The lowest BCUT2D eigenvalue weighted by Crippen LogP contribution is -2.42. The van der Waals surface area contributed by atoms with Crippen molar-refractivity contribution in [3.05, 3.63) is 35.1 Å². The molecule has 1 aliphatic rings. The Morgan fingerprint density at radius 1 is 1.31 bits per heavy atom. The van der Waals surface area contributed by atoms with Crippen LogP contribution in [0.25, 0.3) is 0 Å². The van der Waals surface area contributed by atoms with E-state index in [1.54, 1.807) is 6.07 Å². The molecule has 1 N–H and O–H groups in total. The Kier molecular flexibility index (Phi) is 5.19. The summed E-state index contributed by atoms with van der Waals surface area (Å²) in [6.07, 6.45) is 0. The van der Waals surface area contributed by atoms with Gasteiger partial charge in [-0.05, 0) is 24.1 Å². The second-order valence-electron chi connectivity index (χ2n) is 4.11. The number of benzene rings is 1. The largest absolute Gasteiger partial charge is 0.314 e. The van der Waals surface area contributed by atoms with Gasteiger partial charge >= 0.3 is 0 Å². The van der Waals surface area contributed by atoms with Crippen molar-refractivity contribution in [3.8, 4) is 0 Å². The zero-order valence-corrected chi connectivity index (χ0v) is 10.3. The molecule has 2 rings (SSSR count). The van der Waals surface area contributed by atoms with Crippen LogP contribution in [0, 0.1) is 12.7 Å². The number of nitrogens with one attached hydrogen (secondary N) is 1. The number of halogens is 2. The van der Waals surface area contributed by atoms with E-state index < -0.39 is 0 Å². The summed E-state index contributed by atoms with van der Waals surface area (Å²) in [4.78, 5) is 2.39. The first-order chi connectivity index (χ1) is 7.25. The second kappa shape index (κ2) is 6.18. The van der Waals surface area contributed by atoms with Gasteiger partial charge in [-0.2, -0.15) is 0 Å². The van der Waals surface area contributed by atoms with Crippen molar-refractivity contribution in [2.24, 2.45) is 0 Å². The molecule has 1 saturated heterocycles. The van der Waals surface area contributed by atoms with Gasteiger partial charge in [0.05, 0.1) is 0 Å². The van der Waals surface area contributed by atoms with Gasteiger partial charge in [-0.15, -0.1) is 12.4 Å². The maximum Gasteiger partial charge on any atom is 0.126 e. The van der Waals surface area contributed by atoms with Gasteiger partial charge in [-0.1, -0.05) is 12.1 Å². The minimum absolute atomic E-state index is 0. The molecule has 1 aromatic rings. The van der Waals surface area contributed by atoms with E-state index in [1.165, 1.54) is 5.56 Å². The third-order valence-electron chi connectivity index (χ3n) is 2.84. The van der Waals surface area contributed by atoms with Crippen LogP contribution < -0.4 is 5.32 Å². The molecule has 1 aliphatic heterocycles. The van der Waals surface area contributed by atoms with Gasteiger partial charge in [-0.3, -0.25) is 4.90 Å². The van der Waals surface area contributed by atoms with Crippen molar-refractivity contribution in [2.45, 2.75) is 13.5 Å². The minimum atomic E-state index is -0.112. The van der Waals surface area contributed by atoms with E-state index in [0.717, 1.165) is 38.3 Å². The van der Waals surface area contributed by atoms with Crippen LogP contribution in [-0.2, 0) is 6.54 Å². The lowest BCUT2D eigenvalue weighted by Gasteiger charge is -2.27. The van der Waals surface area contributed by atoms with Crippen LogP contribution in [0.5, 0.6) is 0 Å². The van der Waals surface area contributed by atoms with Gasteiger partial charge in [0.25, 0.3) is 0 Å². The summed E-state index contributed by atoms with van der Waals surface area (Å²) < 4.78 is 13.1. The minimum Gasteiger partial charge on any atom is -0.314 e. The molecule has 1 aromatic carbocycles. The van der Waals surface area contributed by atoms with Crippen molar-refractivity contribution < 1.29 is 4.39 Å². The van der Waals surface area contributed by atoms with Crippen LogP contribution in [0.2, 0.25) is 0 Å². The third kappa shape index (κ3) is 3.44. The van der Waals surface area contributed by atoms with Crippen LogP contribution in [0.15, 0.2) is 18.2 Å². The Morgan fingerprint density at radius 2 is 2.00 bits per heavy atom. The monoisotopic (exact) mass is 244 g/mol. The first-order valence-electron chi connectivity index (χ1n) is 5.44. The van der Waals surface area contributed by atoms with Crippen LogP contribution >= 0.6 is 12.4 Å². The Labute approximate surface area is 102 Å². The summed E-state index contributed by atoms with van der Waals surface area (Å²) in [5.74, 6) is -0.112. The van der Waals surface area contributed by atoms with E-state index in [-0.39, 0.29) is 18.2 Å². The van der Waals surface area contributed by atoms with Crippen LogP contribution in [0.1, 0.15) is 11.1 Å². The molecule has 16 heavy (non-hydrogen) atoms. The predicted octanol–water partition coefficient (Wildman–Crippen LogP) is 1.96. The van der Waals surface area contributed by atoms with Crippen molar-refractivity contribution >= 4 is 12.4 Å². The van der Waals surface area contributed by atoms with E-state index in [1.807, 2.05) is 19.1 Å². The van der Waals surface area contributed by atoms with Gasteiger partial charge in [-0.25, -0.2) is 4.39 Å². The highest BCUT2D eigenvalue weighted by atomic mass is 35.5. The molecular weight excluding hydrogens is 227 g/mol. The summed E-state index contributed by atoms with van der Waals surface area (Å²) in [6, 6.07) is 5.38. The van der Waals surface area contributed by atoms with E-state index in [4.69, 9.17) is 0 Å². The van der Waals surface area contributed by atoms with E-state index in [2.05, 4.69) is 10.2 Å². The quantitative estimate of drug-likeness (QED) is 0.856. The topological polar surface area (TPSA) is 15.3 Å². The van der Waals surface area contributed by atoms with Gasteiger partial charge in [0.1, 0.15) is 5.82 Å². The van der Waals surface area contributed by atoms with E-state index in [9.17, 15) is 4.39 Å². The molecule has 0 atom stereocenters. The molecule has 1 heterocycles. The Bertz CT molecular complexity index is 338. The molecule has 0 spiro atoms. The van der Waals surface area contributed by atoms with Crippen molar-refractivity contribution in [1.82, 2.24) is 10.2 Å². The summed E-state index contributed by atoms with van der Waals surface area (Å²) in [5, 5.41) is 3.32. The lowest BCUT2D eigenvalue weighted by molar-refractivity contribution is 0.233. The van der Waals surface area contributed by atoms with Crippen molar-refractivity contribution in [2.75, 3.05) is 26.2 Å². The second-order valence-corrected chi connectivity index (χ2v) is 4.11. The molecule has 0 radical (unpaired) electrons. The van der Waals surface area contributed by atoms with E-state index in [0.29, 0.717) is 0 Å². The maximum absolute atomic E-state index is 13.1. The van der Waals surface area contributed by atoms with Crippen molar-refractivity contribution in [1.29, 1.82) is 0 Å². The highest BCUT2D eigenvalue weighted by Crippen LogP contribution is 2.11. The zero-order chi connectivity index (χ0) is 10.7. The molecule has 0 amide bonds. The molecule has 0 aromatic heterocycles. The first kappa shape index (κ1) is 13.4. The fraction of sp³-hybridized carbons (Fsp3) is 0.500. The average Bonchev–Trinajstić information content (AvgIpc) is 2.25. The summed E-state index contributed by atoms with van der Waals surface area (Å²) in [7, 11) is 0. The fourth-order valence-corrected chi connectivity index (χ4v) is 1.93. The van der Waals surface area contributed by atoms with Crippen LogP contribution in [0.4, 0.5) is 4.39 Å². The number of rotatable bonds is 2. The SMILES string of the molecule is Cc1cc(CN2CCNCC2)ccc1F.Cl. The van der Waals surface area contributed by atoms with E-state index >= 15 is 0 Å². The van der Waals surface area contributed by atoms with Crippen molar-refractivity contribution in [3.63, 3.8) is 0 Å². The van der Waals surface area contributed by atoms with Gasteiger partial charge in [0.2, 0.25) is 0 Å². The predicted molar refractivity (Wildman–Crippen MR) is 66.5 cm³/mol. The molecule has 0 aliphatic carbocycles. The summed E-state index contributed by atoms with van der Waals surface area (Å²) >= 11 is 0. The number of nitrogens with zero attached hydrogens (tertiary/aromatic N) is 1. The van der Waals surface area contributed by atoms with Gasteiger partial charge < -0.3 is 5.32 Å². The number of piperazine rings is 1. The smallest absolute Gasteiger partial charge is 0.126 e. The first-order valence-corrected chi connectivity index (χ1v) is 5.44. The highest BCUT2D eigenvalue weighted by Gasteiger charge is 2.10.